The van der Waals surface area contributed by atoms with Gasteiger partial charge >= 0.3 is 0 Å². The van der Waals surface area contributed by atoms with Gasteiger partial charge in [0.25, 0.3) is 11.8 Å². The zero-order valence-electron chi connectivity index (χ0n) is 22.6. The van der Waals surface area contributed by atoms with E-state index in [0.29, 0.717) is 17.0 Å². The van der Waals surface area contributed by atoms with Crippen molar-refractivity contribution >= 4 is 34.6 Å². The highest BCUT2D eigenvalue weighted by molar-refractivity contribution is 6.20. The molecule has 7 heteroatoms. The van der Waals surface area contributed by atoms with E-state index in [1.807, 2.05) is 84.0 Å². The van der Waals surface area contributed by atoms with Crippen molar-refractivity contribution in [1.82, 2.24) is 0 Å². The van der Waals surface area contributed by atoms with Gasteiger partial charge in [-0.15, -0.1) is 0 Å². The minimum absolute atomic E-state index is 0.0741. The van der Waals surface area contributed by atoms with E-state index in [1.54, 1.807) is 18.2 Å². The molecule has 0 aromatic heterocycles. The second-order valence-corrected chi connectivity index (χ2v) is 10.4. The predicted octanol–water partition coefficient (Wildman–Crippen LogP) is 5.79. The van der Waals surface area contributed by atoms with Crippen LogP contribution in [0.3, 0.4) is 0 Å². The van der Waals surface area contributed by atoms with E-state index in [1.165, 1.54) is 10.0 Å². The van der Waals surface area contributed by atoms with Gasteiger partial charge in [0.1, 0.15) is 5.75 Å². The molecule has 0 saturated carbocycles. The van der Waals surface area contributed by atoms with E-state index in [2.05, 4.69) is 10.2 Å². The molecular formula is C31H32N4O3. The summed E-state index contributed by atoms with van der Waals surface area (Å²) in [6.45, 7) is 11.6. The van der Waals surface area contributed by atoms with Crippen molar-refractivity contribution in [3.05, 3.63) is 88.5 Å². The van der Waals surface area contributed by atoms with Gasteiger partial charge in [0, 0.05) is 17.3 Å². The van der Waals surface area contributed by atoms with Gasteiger partial charge in [0.2, 0.25) is 0 Å². The maximum atomic E-state index is 14.1. The number of amides is 2. The number of carbonyl (C=O) groups excluding carboxylic acids is 2. The summed E-state index contributed by atoms with van der Waals surface area (Å²) in [5, 5.41) is 22.6. The molecule has 0 saturated heterocycles. The molecule has 0 fully saturated rings. The van der Waals surface area contributed by atoms with Crippen LogP contribution in [0.25, 0.3) is 0 Å². The average molecular weight is 509 g/mol. The van der Waals surface area contributed by atoms with Gasteiger partial charge in [-0.25, -0.2) is 0 Å². The van der Waals surface area contributed by atoms with Gasteiger partial charge in [-0.1, -0.05) is 47.5 Å². The molecule has 2 heterocycles. The van der Waals surface area contributed by atoms with E-state index in [-0.39, 0.29) is 17.6 Å². The third-order valence-corrected chi connectivity index (χ3v) is 7.50. The van der Waals surface area contributed by atoms with E-state index >= 15 is 0 Å². The lowest BCUT2D eigenvalue weighted by Crippen LogP contribution is -2.40. The smallest absolute Gasteiger partial charge is 0.256 e. The van der Waals surface area contributed by atoms with Gasteiger partial charge in [0.15, 0.2) is 0 Å². The summed E-state index contributed by atoms with van der Waals surface area (Å²) in [5.74, 6) is -2.32. The van der Waals surface area contributed by atoms with Crippen molar-refractivity contribution < 1.29 is 14.7 Å². The third kappa shape index (κ3) is 4.28. The van der Waals surface area contributed by atoms with Crippen LogP contribution in [0.5, 0.6) is 5.75 Å². The van der Waals surface area contributed by atoms with Crippen molar-refractivity contribution in [3.8, 4) is 5.75 Å². The zero-order valence-corrected chi connectivity index (χ0v) is 22.6. The van der Waals surface area contributed by atoms with Gasteiger partial charge in [-0.05, 0) is 82.5 Å². The van der Waals surface area contributed by atoms with Crippen LogP contribution >= 0.6 is 0 Å². The first-order chi connectivity index (χ1) is 18.1. The molecular weight excluding hydrogens is 476 g/mol. The summed E-state index contributed by atoms with van der Waals surface area (Å²) in [4.78, 5) is 28.1. The number of hydrogen-bond donors (Lipinski definition) is 1. The Morgan fingerprint density at radius 1 is 0.684 bits per heavy atom. The number of anilines is 2. The Morgan fingerprint density at radius 3 is 1.58 bits per heavy atom. The number of phenols is 1. The number of hydrogen-bond acceptors (Lipinski definition) is 5. The standard InChI is InChI=1S/C31H32N4O3/c1-17-10-12-25(19(3)14-17)34-30(37)27(21(5)32-34)29(23-8-7-9-24(36)16-23)28-22(6)33-35(31(28)38)26-13-11-18(2)15-20(26)4/h7-16,27-29,36H,1-6H3/t27-,28+,29?. The molecule has 3 atom stereocenters. The number of hydrazone groups is 2. The Labute approximate surface area is 223 Å². The maximum Gasteiger partial charge on any atom is 0.256 e. The topological polar surface area (TPSA) is 85.6 Å². The van der Waals surface area contributed by atoms with Crippen LogP contribution in [0.15, 0.2) is 70.9 Å². The first-order valence-electron chi connectivity index (χ1n) is 12.8. The van der Waals surface area contributed by atoms with E-state index < -0.39 is 17.8 Å². The number of phenolic OH excluding ortho intramolecular Hbond substituents is 1. The highest BCUT2D eigenvalue weighted by Gasteiger charge is 2.50. The fraction of sp³-hybridized carbons (Fsp3) is 0.290. The fourth-order valence-electron chi connectivity index (χ4n) is 5.73. The molecule has 3 aromatic rings. The van der Waals surface area contributed by atoms with Crippen molar-refractivity contribution in [2.24, 2.45) is 22.0 Å². The van der Waals surface area contributed by atoms with E-state index in [4.69, 9.17) is 0 Å². The van der Waals surface area contributed by atoms with Crippen LogP contribution < -0.4 is 10.0 Å². The van der Waals surface area contributed by atoms with Gasteiger partial charge < -0.3 is 5.11 Å². The Balaban J connectivity index is 1.59. The van der Waals surface area contributed by atoms with E-state index in [0.717, 1.165) is 33.6 Å². The second kappa shape index (κ2) is 9.56. The minimum Gasteiger partial charge on any atom is -0.508 e. The molecule has 3 aromatic carbocycles. The molecule has 0 bridgehead atoms. The highest BCUT2D eigenvalue weighted by Crippen LogP contribution is 2.44. The lowest BCUT2D eigenvalue weighted by atomic mass is 9.73. The first kappa shape index (κ1) is 25.4. The summed E-state index contributed by atoms with van der Waals surface area (Å²) in [5.41, 5.74) is 7.46. The molecule has 1 unspecified atom stereocenters. The fourth-order valence-corrected chi connectivity index (χ4v) is 5.73. The molecule has 2 aliphatic rings. The zero-order chi connectivity index (χ0) is 27.3. The van der Waals surface area contributed by atoms with Crippen molar-refractivity contribution in [1.29, 1.82) is 0 Å². The van der Waals surface area contributed by atoms with Crippen LogP contribution in [0.1, 0.15) is 47.6 Å². The molecule has 7 nitrogen and oxygen atoms in total. The van der Waals surface area contributed by atoms with Crippen LogP contribution in [0.4, 0.5) is 11.4 Å². The lowest BCUT2D eigenvalue weighted by Gasteiger charge is -2.29. The summed E-state index contributed by atoms with van der Waals surface area (Å²) in [7, 11) is 0. The third-order valence-electron chi connectivity index (χ3n) is 7.50. The largest absolute Gasteiger partial charge is 0.508 e. The van der Waals surface area contributed by atoms with Crippen molar-refractivity contribution in [3.63, 3.8) is 0 Å². The average Bonchev–Trinajstić information content (AvgIpc) is 3.30. The monoisotopic (exact) mass is 508 g/mol. The quantitative estimate of drug-likeness (QED) is 0.474. The van der Waals surface area contributed by atoms with Crippen molar-refractivity contribution in [2.45, 2.75) is 47.5 Å². The SMILES string of the molecule is CC1=NN(c2ccc(C)cc2C)C(=O)[C@H]1C(c1cccc(O)c1)[C@H]1C(=O)N(c2ccc(C)cc2C)N=C1C. The van der Waals surface area contributed by atoms with Crippen LogP contribution in [0.2, 0.25) is 0 Å². The Hall–Kier alpha value is -4.26. The second-order valence-electron chi connectivity index (χ2n) is 10.4. The summed E-state index contributed by atoms with van der Waals surface area (Å²) in [6.07, 6.45) is 0. The highest BCUT2D eigenvalue weighted by atomic mass is 16.3. The summed E-state index contributed by atoms with van der Waals surface area (Å²) in [6, 6.07) is 18.6. The molecule has 0 spiro atoms. The maximum absolute atomic E-state index is 14.1. The van der Waals surface area contributed by atoms with E-state index in [9.17, 15) is 14.7 Å². The molecule has 0 radical (unpaired) electrons. The first-order valence-corrected chi connectivity index (χ1v) is 12.8. The predicted molar refractivity (Wildman–Crippen MR) is 151 cm³/mol. The molecule has 1 N–H and O–H groups in total. The Morgan fingerprint density at radius 2 is 1.16 bits per heavy atom. The molecule has 5 rings (SSSR count). The Bertz CT molecular complexity index is 1430. The molecule has 0 aliphatic carbocycles. The van der Waals surface area contributed by atoms with Crippen LogP contribution in [-0.4, -0.2) is 28.3 Å². The lowest BCUT2D eigenvalue weighted by molar-refractivity contribution is -0.122. The molecule has 38 heavy (non-hydrogen) atoms. The number of rotatable bonds is 5. The van der Waals surface area contributed by atoms with Gasteiger partial charge in [0.05, 0.1) is 23.2 Å². The molecule has 2 amide bonds. The number of nitrogens with zero attached hydrogens (tertiary/aromatic N) is 4. The van der Waals surface area contributed by atoms with Crippen LogP contribution in [-0.2, 0) is 9.59 Å². The van der Waals surface area contributed by atoms with Gasteiger partial charge in [-0.3, -0.25) is 9.59 Å². The normalized spacial score (nSPS) is 20.2. The number of benzene rings is 3. The van der Waals surface area contributed by atoms with Crippen LogP contribution in [0, 0.1) is 39.5 Å². The van der Waals surface area contributed by atoms with Crippen molar-refractivity contribution in [2.75, 3.05) is 10.0 Å². The van der Waals surface area contributed by atoms with Gasteiger partial charge in [-0.2, -0.15) is 20.2 Å². The number of aryl methyl sites for hydroxylation is 4. The summed E-state index contributed by atoms with van der Waals surface area (Å²) >= 11 is 0. The summed E-state index contributed by atoms with van der Waals surface area (Å²) < 4.78 is 0. The number of aromatic hydroxyl groups is 1. The molecule has 194 valence electrons. The number of carbonyl (C=O) groups is 2. The molecule has 2 aliphatic heterocycles. The Kier molecular flexibility index (Phi) is 6.39. The minimum atomic E-state index is -0.698.